The van der Waals surface area contributed by atoms with Crippen LogP contribution in [0.1, 0.15) is 48.9 Å². The van der Waals surface area contributed by atoms with E-state index in [0.29, 0.717) is 18.1 Å². The first kappa shape index (κ1) is 14.3. The smallest absolute Gasteiger partial charge is 0.253 e. The summed E-state index contributed by atoms with van der Waals surface area (Å²) in [5.41, 5.74) is 0.578. The van der Waals surface area contributed by atoms with Crippen molar-refractivity contribution in [1.82, 2.24) is 10.3 Å². The standard InChI is InChI=1S/C16H22N2O3/c1-20-14-6-5-12(10-17-14)15(19)18-13-9-16(21-11-13)7-3-2-4-8-16/h5-6,10,13H,2-4,7-9,11H2,1H3,(H,18,19). The SMILES string of the molecule is COc1ccc(C(=O)NC2COC3(CCCCC3)C2)cn1. The molecule has 2 fully saturated rings. The van der Waals surface area contributed by atoms with E-state index in [9.17, 15) is 4.79 Å². The van der Waals surface area contributed by atoms with Gasteiger partial charge in [-0.3, -0.25) is 4.79 Å². The molecule has 2 aliphatic rings. The Kier molecular flexibility index (Phi) is 4.10. The summed E-state index contributed by atoms with van der Waals surface area (Å²) in [7, 11) is 1.56. The van der Waals surface area contributed by atoms with E-state index in [2.05, 4.69) is 10.3 Å². The molecule has 0 radical (unpaired) electrons. The van der Waals surface area contributed by atoms with Crippen LogP contribution in [-0.2, 0) is 4.74 Å². The molecule has 5 nitrogen and oxygen atoms in total. The average Bonchev–Trinajstić information content (AvgIpc) is 2.90. The third kappa shape index (κ3) is 3.18. The summed E-state index contributed by atoms with van der Waals surface area (Å²) in [6.45, 7) is 0.620. The van der Waals surface area contributed by atoms with E-state index in [1.807, 2.05) is 0 Å². The summed E-state index contributed by atoms with van der Waals surface area (Å²) < 4.78 is 11.0. The van der Waals surface area contributed by atoms with Crippen LogP contribution in [-0.4, -0.2) is 36.3 Å². The van der Waals surface area contributed by atoms with Crippen LogP contribution in [0, 0.1) is 0 Å². The topological polar surface area (TPSA) is 60.5 Å². The first-order chi connectivity index (χ1) is 10.2. The van der Waals surface area contributed by atoms with Gasteiger partial charge in [-0.1, -0.05) is 19.3 Å². The largest absolute Gasteiger partial charge is 0.481 e. The number of hydrogen-bond acceptors (Lipinski definition) is 4. The number of pyridine rings is 1. The lowest BCUT2D eigenvalue weighted by Gasteiger charge is -2.32. The number of aromatic nitrogens is 1. The van der Waals surface area contributed by atoms with Crippen molar-refractivity contribution in [1.29, 1.82) is 0 Å². The lowest BCUT2D eigenvalue weighted by Crippen LogP contribution is -2.37. The van der Waals surface area contributed by atoms with E-state index in [-0.39, 0.29) is 17.6 Å². The Morgan fingerprint density at radius 3 is 2.86 bits per heavy atom. The zero-order chi connectivity index (χ0) is 14.7. The Balaban J connectivity index is 1.57. The van der Waals surface area contributed by atoms with E-state index in [0.717, 1.165) is 19.3 Å². The predicted molar refractivity (Wildman–Crippen MR) is 78.4 cm³/mol. The first-order valence-corrected chi connectivity index (χ1v) is 7.66. The van der Waals surface area contributed by atoms with Crippen LogP contribution in [0.3, 0.4) is 0 Å². The van der Waals surface area contributed by atoms with Crippen molar-refractivity contribution in [2.24, 2.45) is 0 Å². The summed E-state index contributed by atoms with van der Waals surface area (Å²) in [6.07, 6.45) is 8.52. The quantitative estimate of drug-likeness (QED) is 0.928. The highest BCUT2D eigenvalue weighted by Gasteiger charge is 2.41. The molecule has 0 bridgehead atoms. The molecule has 1 aromatic heterocycles. The predicted octanol–water partition coefficient (Wildman–Crippen LogP) is 2.31. The maximum atomic E-state index is 12.2. The van der Waals surface area contributed by atoms with Crippen molar-refractivity contribution in [3.05, 3.63) is 23.9 Å². The van der Waals surface area contributed by atoms with Crippen molar-refractivity contribution < 1.29 is 14.3 Å². The molecule has 2 heterocycles. The second-order valence-corrected chi connectivity index (χ2v) is 6.02. The van der Waals surface area contributed by atoms with Crippen LogP contribution in [0.25, 0.3) is 0 Å². The fraction of sp³-hybridized carbons (Fsp3) is 0.625. The average molecular weight is 290 g/mol. The lowest BCUT2D eigenvalue weighted by molar-refractivity contribution is -0.0246. The second kappa shape index (κ2) is 6.02. The molecular weight excluding hydrogens is 268 g/mol. The molecule has 1 N–H and O–H groups in total. The maximum absolute atomic E-state index is 12.2. The summed E-state index contributed by atoms with van der Waals surface area (Å²) in [6, 6.07) is 3.54. The number of carbonyl (C=O) groups excluding carboxylic acids is 1. The van der Waals surface area contributed by atoms with Crippen molar-refractivity contribution >= 4 is 5.91 Å². The molecule has 21 heavy (non-hydrogen) atoms. The van der Waals surface area contributed by atoms with Gasteiger partial charge in [0, 0.05) is 12.3 Å². The monoisotopic (exact) mass is 290 g/mol. The van der Waals surface area contributed by atoms with Crippen LogP contribution in [0.5, 0.6) is 5.88 Å². The maximum Gasteiger partial charge on any atom is 0.253 e. The fourth-order valence-electron chi connectivity index (χ4n) is 3.39. The van der Waals surface area contributed by atoms with Gasteiger partial charge in [-0.05, 0) is 25.3 Å². The summed E-state index contributed by atoms with van der Waals surface area (Å²) >= 11 is 0. The van der Waals surface area contributed by atoms with E-state index >= 15 is 0 Å². The molecule has 5 heteroatoms. The molecule has 1 aliphatic carbocycles. The van der Waals surface area contributed by atoms with Crippen molar-refractivity contribution in [2.75, 3.05) is 13.7 Å². The van der Waals surface area contributed by atoms with Crippen LogP contribution < -0.4 is 10.1 Å². The Labute approximate surface area is 125 Å². The molecular formula is C16H22N2O3. The van der Waals surface area contributed by atoms with Gasteiger partial charge in [-0.15, -0.1) is 0 Å². The molecule has 1 saturated carbocycles. The van der Waals surface area contributed by atoms with Gasteiger partial charge in [0.2, 0.25) is 5.88 Å². The van der Waals surface area contributed by atoms with E-state index in [1.165, 1.54) is 19.3 Å². The van der Waals surface area contributed by atoms with Gasteiger partial charge in [0.15, 0.2) is 0 Å². The van der Waals surface area contributed by atoms with Crippen molar-refractivity contribution in [2.45, 2.75) is 50.2 Å². The van der Waals surface area contributed by atoms with Gasteiger partial charge in [-0.2, -0.15) is 0 Å². The zero-order valence-electron chi connectivity index (χ0n) is 12.4. The Hall–Kier alpha value is -1.62. The van der Waals surface area contributed by atoms with Gasteiger partial charge >= 0.3 is 0 Å². The highest BCUT2D eigenvalue weighted by molar-refractivity contribution is 5.94. The number of methoxy groups -OCH3 is 1. The normalized spacial score (nSPS) is 24.0. The van der Waals surface area contributed by atoms with Crippen molar-refractivity contribution in [3.8, 4) is 5.88 Å². The minimum absolute atomic E-state index is 0.0222. The molecule has 1 saturated heterocycles. The molecule has 1 amide bonds. The van der Waals surface area contributed by atoms with E-state index in [4.69, 9.17) is 9.47 Å². The lowest BCUT2D eigenvalue weighted by atomic mass is 9.82. The summed E-state index contributed by atoms with van der Waals surface area (Å²) in [5, 5.41) is 3.06. The first-order valence-electron chi connectivity index (χ1n) is 7.66. The molecule has 0 aromatic carbocycles. The molecule has 1 atom stereocenters. The second-order valence-electron chi connectivity index (χ2n) is 6.02. The van der Waals surface area contributed by atoms with Crippen LogP contribution in [0.15, 0.2) is 18.3 Å². The number of nitrogens with zero attached hydrogens (tertiary/aromatic N) is 1. The van der Waals surface area contributed by atoms with Gasteiger partial charge in [0.1, 0.15) is 0 Å². The molecule has 1 aromatic rings. The number of hydrogen-bond donors (Lipinski definition) is 1. The minimum atomic E-state index is -0.0911. The molecule has 1 aliphatic heterocycles. The molecule has 3 rings (SSSR count). The molecule has 1 unspecified atom stereocenters. The van der Waals surface area contributed by atoms with E-state index in [1.54, 1.807) is 25.4 Å². The summed E-state index contributed by atoms with van der Waals surface area (Å²) in [4.78, 5) is 16.3. The fourth-order valence-corrected chi connectivity index (χ4v) is 3.39. The van der Waals surface area contributed by atoms with Gasteiger partial charge in [0.05, 0.1) is 30.9 Å². The van der Waals surface area contributed by atoms with E-state index < -0.39 is 0 Å². The highest BCUT2D eigenvalue weighted by atomic mass is 16.5. The van der Waals surface area contributed by atoms with Crippen LogP contribution in [0.4, 0.5) is 0 Å². The van der Waals surface area contributed by atoms with Gasteiger partial charge < -0.3 is 14.8 Å². The third-order valence-corrected chi connectivity index (χ3v) is 4.52. The van der Waals surface area contributed by atoms with Crippen LogP contribution >= 0.6 is 0 Å². The van der Waals surface area contributed by atoms with Crippen LogP contribution in [0.2, 0.25) is 0 Å². The number of amides is 1. The summed E-state index contributed by atoms with van der Waals surface area (Å²) in [5.74, 6) is 0.420. The minimum Gasteiger partial charge on any atom is -0.481 e. The number of rotatable bonds is 3. The Morgan fingerprint density at radius 1 is 1.38 bits per heavy atom. The molecule has 114 valence electrons. The Bertz CT molecular complexity index is 495. The zero-order valence-corrected chi connectivity index (χ0v) is 12.4. The van der Waals surface area contributed by atoms with Gasteiger partial charge in [0.25, 0.3) is 5.91 Å². The highest BCUT2D eigenvalue weighted by Crippen LogP contribution is 2.39. The number of carbonyl (C=O) groups is 1. The number of ether oxygens (including phenoxy) is 2. The third-order valence-electron chi connectivity index (χ3n) is 4.52. The van der Waals surface area contributed by atoms with Gasteiger partial charge in [-0.25, -0.2) is 4.98 Å². The Morgan fingerprint density at radius 2 is 2.19 bits per heavy atom. The molecule has 1 spiro atoms. The van der Waals surface area contributed by atoms with Crippen molar-refractivity contribution in [3.63, 3.8) is 0 Å². The number of nitrogens with one attached hydrogen (secondary N) is 1.